The molecule has 0 unspecified atom stereocenters. The highest BCUT2D eigenvalue weighted by Gasteiger charge is 2.28. The molecule has 5 rings (SSSR count). The first kappa shape index (κ1) is 44.2. The van der Waals surface area contributed by atoms with E-state index in [1.54, 1.807) is 25.4 Å². The van der Waals surface area contributed by atoms with Crippen molar-refractivity contribution in [2.24, 2.45) is 21.5 Å². The van der Waals surface area contributed by atoms with Crippen molar-refractivity contribution < 1.29 is 26.9 Å². The summed E-state index contributed by atoms with van der Waals surface area (Å²) in [4.78, 5) is 22.2. The second-order valence-electron chi connectivity index (χ2n) is 10.8. The van der Waals surface area contributed by atoms with Crippen LogP contribution in [-0.4, -0.2) is 49.3 Å². The number of ether oxygens (including phenoxy) is 1. The number of thiophene rings is 1. The molecule has 0 bridgehead atoms. The van der Waals surface area contributed by atoms with Gasteiger partial charge in [-0.05, 0) is 152 Å². The largest absolute Gasteiger partial charge is 0.497 e. The Morgan fingerprint density at radius 1 is 1.00 bits per heavy atom. The minimum atomic E-state index is -0.264. The van der Waals surface area contributed by atoms with E-state index in [9.17, 15) is 10.0 Å². The van der Waals surface area contributed by atoms with Crippen LogP contribution >= 0.6 is 24.2 Å². The Labute approximate surface area is 358 Å². The second-order valence-corrected chi connectivity index (χ2v) is 12.1. The molecular weight excluding hydrogens is 773 g/mol. The van der Waals surface area contributed by atoms with Gasteiger partial charge in [-0.25, -0.2) is 9.78 Å². The zero-order chi connectivity index (χ0) is 42.0. The molecule has 3 heterocycles. The number of methoxy groups -OCH3 is 1. The third-order valence-corrected chi connectivity index (χ3v) is 8.59. The summed E-state index contributed by atoms with van der Waals surface area (Å²) in [6.07, 6.45) is 8.91. The van der Waals surface area contributed by atoms with Gasteiger partial charge in [0, 0.05) is 42.1 Å². The predicted molar refractivity (Wildman–Crippen MR) is 243 cm³/mol. The lowest BCUT2D eigenvalue weighted by atomic mass is 10.2. The van der Waals surface area contributed by atoms with E-state index in [-0.39, 0.29) is 23.6 Å². The Balaban J connectivity index is -0.000000171. The van der Waals surface area contributed by atoms with E-state index >= 15 is 0 Å². The average molecular weight is 821 g/mol. The summed E-state index contributed by atoms with van der Waals surface area (Å²) in [5, 5.41) is 22.8. The van der Waals surface area contributed by atoms with Gasteiger partial charge in [0.2, 0.25) is 10.4 Å². The zero-order valence-electron chi connectivity index (χ0n) is 31.5. The van der Waals surface area contributed by atoms with Gasteiger partial charge in [-0.1, -0.05) is 31.0 Å². The van der Waals surface area contributed by atoms with Gasteiger partial charge < -0.3 is 14.2 Å². The van der Waals surface area contributed by atoms with Crippen molar-refractivity contribution in [3.05, 3.63) is 62.3 Å². The molecule has 1 saturated carbocycles. The van der Waals surface area contributed by atoms with Crippen LogP contribution in [0.4, 0.5) is 0 Å². The van der Waals surface area contributed by atoms with Crippen LogP contribution in [0.1, 0.15) is 48.6 Å². The fourth-order valence-electron chi connectivity index (χ4n) is 4.46. The van der Waals surface area contributed by atoms with Crippen LogP contribution in [0, 0.1) is 131 Å². The highest BCUT2D eigenvalue weighted by Crippen LogP contribution is 2.35. The van der Waals surface area contributed by atoms with Crippen molar-refractivity contribution in [3.63, 3.8) is 0 Å². The lowest BCUT2D eigenvalue weighted by Crippen LogP contribution is -2.27. The Bertz CT molecular complexity index is 2920. The number of aryl methyl sites for hydroxylation is 1. The first-order valence-electron chi connectivity index (χ1n) is 16.4. The maximum Gasteiger partial charge on any atom is 0.352 e. The van der Waals surface area contributed by atoms with Crippen LogP contribution in [0.15, 0.2) is 51.1 Å². The summed E-state index contributed by atoms with van der Waals surface area (Å²) >= 11 is 4.76. The number of hydrogen-bond donors (Lipinski definition) is 2. The van der Waals surface area contributed by atoms with E-state index in [0.29, 0.717) is 18.2 Å². The Morgan fingerprint density at radius 2 is 1.55 bits per heavy atom. The topological polar surface area (TPSA) is 163 Å². The smallest absolute Gasteiger partial charge is 0.352 e. The van der Waals surface area contributed by atoms with Gasteiger partial charge in [-0.3, -0.25) is 15.3 Å². The minimum Gasteiger partial charge on any atom is -0.497 e. The molecule has 0 amide bonds. The molecule has 0 radical (unpaired) electrons. The van der Waals surface area contributed by atoms with Crippen LogP contribution in [0.2, 0.25) is 0 Å². The van der Waals surface area contributed by atoms with Crippen molar-refractivity contribution in [2.45, 2.75) is 45.8 Å². The lowest BCUT2D eigenvalue weighted by molar-refractivity contribution is -0.744. The first-order valence-corrected chi connectivity index (χ1v) is 17.6. The Morgan fingerprint density at radius 3 is 2.03 bits per heavy atom. The predicted octanol–water partition coefficient (Wildman–Crippen LogP) is 5.92. The van der Waals surface area contributed by atoms with Crippen molar-refractivity contribution in [2.75, 3.05) is 14.2 Å². The van der Waals surface area contributed by atoms with E-state index < -0.39 is 0 Å². The highest BCUT2D eigenvalue weighted by atomic mass is 32.1. The highest BCUT2D eigenvalue weighted by molar-refractivity contribution is 7.74. The molecule has 302 valence electrons. The van der Waals surface area contributed by atoms with Gasteiger partial charge in [-0.2, -0.15) is 9.61 Å². The lowest BCUT2D eigenvalue weighted by Gasteiger charge is -2.14. The molecular formula is C42H48N10O4S2. The van der Waals surface area contributed by atoms with E-state index in [1.807, 2.05) is 28.8 Å². The van der Waals surface area contributed by atoms with Gasteiger partial charge in [0.15, 0.2) is 5.65 Å². The summed E-state index contributed by atoms with van der Waals surface area (Å²) in [7, 11) is 3.83. The van der Waals surface area contributed by atoms with Gasteiger partial charge in [0.05, 0.1) is 29.3 Å². The number of nitrogens with two attached hydrogens (primary N) is 1. The molecule has 0 atom stereocenters. The van der Waals surface area contributed by atoms with E-state index in [1.165, 1.54) is 34.1 Å². The molecule has 16 heteroatoms. The first-order chi connectivity index (χ1) is 28.3. The number of thiol groups is 1. The van der Waals surface area contributed by atoms with Gasteiger partial charge in [-0.15, -0.1) is 17.8 Å². The molecule has 1 aliphatic carbocycles. The zero-order valence-corrected chi connectivity index (χ0v) is 33.2. The fourth-order valence-corrected chi connectivity index (χ4v) is 5.85. The van der Waals surface area contributed by atoms with Crippen molar-refractivity contribution in [3.8, 4) is 125 Å². The van der Waals surface area contributed by atoms with Crippen LogP contribution in [0.3, 0.4) is 0 Å². The van der Waals surface area contributed by atoms with Gasteiger partial charge >= 0.3 is 5.69 Å². The Hall–Kier alpha value is -8.16. The van der Waals surface area contributed by atoms with Crippen LogP contribution in [0.25, 0.3) is 15.9 Å². The molecule has 2 N–H and O–H groups in total. The fraction of sp³-hybridized carbons (Fsp3) is 0.214. The number of fused-ring (bicyclic) bond motifs is 3. The summed E-state index contributed by atoms with van der Waals surface area (Å²) in [6.45, 7) is 5.20. The number of hydrogen-bond acceptors (Lipinski definition) is 10. The molecule has 4 aromatic rings. The molecule has 0 saturated heterocycles. The molecule has 1 aliphatic rings. The number of nitrogens with zero attached hydrogens (tertiary/aromatic N) is 9. The van der Waals surface area contributed by atoms with Gasteiger partial charge in [0.1, 0.15) is 16.9 Å². The minimum absolute atomic E-state index is 0. The molecule has 0 aliphatic heterocycles. The monoisotopic (exact) mass is 820 g/mol. The normalized spacial score (nSPS) is 10.3. The Kier molecular flexibility index (Phi) is 19.1. The number of rotatable bonds is 8. The van der Waals surface area contributed by atoms with Crippen molar-refractivity contribution >= 4 is 40.1 Å². The number of terminal acetylenes is 1. The maximum absolute atomic E-state index is 13.2. The summed E-state index contributed by atoms with van der Waals surface area (Å²) in [5.41, 5.74) is 2.71. The molecule has 0 spiro atoms. The summed E-state index contributed by atoms with van der Waals surface area (Å²) in [6, 6.07) is 8.51. The van der Waals surface area contributed by atoms with Crippen LogP contribution in [-0.2, 0) is 17.4 Å². The quantitative estimate of drug-likeness (QED) is 0.0554. The second kappa shape index (κ2) is 25.0. The number of benzene rings is 1. The maximum atomic E-state index is 13.2. The van der Waals surface area contributed by atoms with E-state index in [4.69, 9.17) is 11.2 Å². The summed E-state index contributed by atoms with van der Waals surface area (Å²) < 4.78 is 12.1. The molecule has 1 fully saturated rings. The molecule has 1 aromatic carbocycles. The molecule has 14 nitrogen and oxygen atoms in total. The van der Waals surface area contributed by atoms with Gasteiger partial charge in [0.25, 0.3) is 0 Å². The van der Waals surface area contributed by atoms with Crippen LogP contribution in [0.5, 0.6) is 5.75 Å². The average Bonchev–Trinajstić information content (AvgIpc) is 3.90. The molecule has 3 aromatic heterocycles. The summed E-state index contributed by atoms with van der Waals surface area (Å²) in [5.74, 6) is 52.2. The third-order valence-electron chi connectivity index (χ3n) is 7.15. The number of aromatic nitrogens is 4. The van der Waals surface area contributed by atoms with Crippen LogP contribution < -0.4 is 16.3 Å². The molecule has 58 heavy (non-hydrogen) atoms. The van der Waals surface area contributed by atoms with Crippen molar-refractivity contribution in [1.29, 1.82) is 0 Å². The van der Waals surface area contributed by atoms with Crippen molar-refractivity contribution in [1.82, 2.24) is 24.1 Å². The van der Waals surface area contributed by atoms with E-state index in [2.05, 4.69) is 180 Å². The standard InChI is InChI=1S/C21H23N5O2S.C21H4.H3N5O2S.9H2/c1-13-17(11-24(2)15-6-7-15)29-20-18(13)19-22-12-23-26(19)21(27)25(20)10-14-4-8-16(28-3)9-5-14;1-3-5-7-9-11-13-15-17-19-21-20-18-16-14-12-10-8-6-4-2;1-2-3-4-5(6)7-8;;;;;;;;;/h4-5,8-9,12,15H,6-7,10-11H2,1-3H3;1H,2H3;8H,(H2,1,3);9*1H. The van der Waals surface area contributed by atoms with E-state index in [0.717, 1.165) is 28.1 Å². The third kappa shape index (κ3) is 14.6. The SMILES string of the molecule is C#CC#CC#CC#CC#CC#CC#CC#CC#CC#CC.COc1ccc(Cn2c(=O)n3ncnc3c3c(C)c(CN(C)C4CC4)sc32)cc1.NN=NN=[N+]([O-])OS.[HH].[HH].[HH].[HH].[HH].[HH].[HH].[HH].[HH].